The number of aromatic nitrogens is 3. The van der Waals surface area contributed by atoms with Crippen LogP contribution >= 0.6 is 11.8 Å². The molecular formula is C21H21FN4O3S. The second kappa shape index (κ2) is 8.35. The summed E-state index contributed by atoms with van der Waals surface area (Å²) in [7, 11) is 0. The quantitative estimate of drug-likeness (QED) is 0.582. The molecule has 1 aliphatic rings. The van der Waals surface area contributed by atoms with Crippen LogP contribution in [-0.2, 0) is 4.79 Å². The second-order valence-electron chi connectivity index (χ2n) is 7.07. The molecule has 2 aromatic carbocycles. The Morgan fingerprint density at radius 2 is 1.90 bits per heavy atom. The Labute approximate surface area is 177 Å². The van der Waals surface area contributed by atoms with E-state index in [4.69, 9.17) is 9.47 Å². The zero-order chi connectivity index (χ0) is 21.3. The Balaban J connectivity index is 1.52. The largest absolute Gasteiger partial charge is 0.454 e. The van der Waals surface area contributed by atoms with Crippen LogP contribution < -0.4 is 14.8 Å². The molecule has 3 aromatic rings. The summed E-state index contributed by atoms with van der Waals surface area (Å²) in [6.07, 6.45) is 0. The van der Waals surface area contributed by atoms with Gasteiger partial charge >= 0.3 is 0 Å². The predicted octanol–water partition coefficient (Wildman–Crippen LogP) is 4.51. The lowest BCUT2D eigenvalue weighted by Crippen LogP contribution is -2.23. The normalized spacial score (nSPS) is 13.5. The van der Waals surface area contributed by atoms with Crippen molar-refractivity contribution in [3.8, 4) is 22.9 Å². The van der Waals surface area contributed by atoms with Crippen LogP contribution in [0.4, 0.5) is 10.1 Å². The van der Waals surface area contributed by atoms with E-state index in [1.807, 2.05) is 18.4 Å². The maximum absolute atomic E-state index is 14.3. The molecule has 0 aliphatic carbocycles. The van der Waals surface area contributed by atoms with Gasteiger partial charge in [-0.25, -0.2) is 4.39 Å². The lowest BCUT2D eigenvalue weighted by Gasteiger charge is -2.16. The van der Waals surface area contributed by atoms with Crippen LogP contribution in [-0.4, -0.2) is 32.7 Å². The monoisotopic (exact) mass is 428 g/mol. The molecule has 30 heavy (non-hydrogen) atoms. The van der Waals surface area contributed by atoms with Gasteiger partial charge in [-0.2, -0.15) is 0 Å². The number of anilines is 1. The molecule has 1 amide bonds. The summed E-state index contributed by atoms with van der Waals surface area (Å²) in [5.41, 5.74) is 0.997. The number of nitrogens with one attached hydrogen (secondary N) is 1. The molecule has 1 N–H and O–H groups in total. The lowest BCUT2D eigenvalue weighted by atomic mass is 10.2. The number of fused-ring (bicyclic) bond motifs is 1. The first kappa shape index (κ1) is 20.2. The molecule has 0 saturated carbocycles. The summed E-state index contributed by atoms with van der Waals surface area (Å²) < 4.78 is 26.8. The van der Waals surface area contributed by atoms with Gasteiger partial charge in [-0.1, -0.05) is 23.9 Å². The summed E-state index contributed by atoms with van der Waals surface area (Å²) in [5.74, 6) is 1.14. The fourth-order valence-electron chi connectivity index (χ4n) is 3.08. The number of hydrogen-bond acceptors (Lipinski definition) is 6. The number of ether oxygens (including phenoxy) is 2. The first-order chi connectivity index (χ1) is 14.4. The van der Waals surface area contributed by atoms with E-state index >= 15 is 0 Å². The van der Waals surface area contributed by atoms with Crippen molar-refractivity contribution in [1.29, 1.82) is 0 Å². The van der Waals surface area contributed by atoms with Gasteiger partial charge in [0.05, 0.1) is 10.8 Å². The fourth-order valence-corrected chi connectivity index (χ4v) is 4.06. The van der Waals surface area contributed by atoms with E-state index in [1.54, 1.807) is 43.3 Å². The number of halogens is 1. The fraction of sp³-hybridized carbons (Fsp3) is 0.286. The molecule has 1 atom stereocenters. The van der Waals surface area contributed by atoms with Gasteiger partial charge in [-0.15, -0.1) is 10.2 Å². The van der Waals surface area contributed by atoms with E-state index in [2.05, 4.69) is 15.5 Å². The number of carbonyl (C=O) groups excluding carboxylic acids is 1. The summed E-state index contributed by atoms with van der Waals surface area (Å²) in [4.78, 5) is 12.7. The SMILES string of the molecule is CC(C)n1c(S[C@H](C)C(=O)Nc2ccc3c(c2)OCO3)nnc1-c1ccccc1F. The van der Waals surface area contributed by atoms with Crippen molar-refractivity contribution in [2.45, 2.75) is 37.2 Å². The topological polar surface area (TPSA) is 78.3 Å². The predicted molar refractivity (Wildman–Crippen MR) is 112 cm³/mol. The average molecular weight is 428 g/mol. The van der Waals surface area contributed by atoms with E-state index in [9.17, 15) is 9.18 Å². The number of carbonyl (C=O) groups is 1. The highest BCUT2D eigenvalue weighted by atomic mass is 32.2. The van der Waals surface area contributed by atoms with Gasteiger partial charge in [0.2, 0.25) is 12.7 Å². The third-order valence-electron chi connectivity index (χ3n) is 4.59. The van der Waals surface area contributed by atoms with Crippen molar-refractivity contribution >= 4 is 23.4 Å². The third kappa shape index (κ3) is 3.97. The number of benzene rings is 2. The number of amides is 1. The van der Waals surface area contributed by atoms with Crippen LogP contribution in [0.1, 0.15) is 26.8 Å². The molecule has 156 valence electrons. The Bertz CT molecular complexity index is 1090. The van der Waals surface area contributed by atoms with Gasteiger partial charge < -0.3 is 14.8 Å². The molecule has 9 heteroatoms. The first-order valence-electron chi connectivity index (χ1n) is 9.51. The smallest absolute Gasteiger partial charge is 0.237 e. The summed E-state index contributed by atoms with van der Waals surface area (Å²) in [5, 5.41) is 11.4. The van der Waals surface area contributed by atoms with Crippen LogP contribution in [0.25, 0.3) is 11.4 Å². The molecule has 1 aliphatic heterocycles. The Morgan fingerprint density at radius 3 is 2.67 bits per heavy atom. The van der Waals surface area contributed by atoms with E-state index < -0.39 is 5.25 Å². The minimum atomic E-state index is -0.453. The van der Waals surface area contributed by atoms with E-state index in [0.29, 0.717) is 33.7 Å². The molecule has 0 fully saturated rings. The third-order valence-corrected chi connectivity index (χ3v) is 5.64. The highest BCUT2D eigenvalue weighted by Gasteiger charge is 2.24. The Morgan fingerprint density at radius 1 is 1.13 bits per heavy atom. The number of nitrogens with zero attached hydrogens (tertiary/aromatic N) is 3. The molecule has 0 unspecified atom stereocenters. The second-order valence-corrected chi connectivity index (χ2v) is 8.38. The zero-order valence-corrected chi connectivity index (χ0v) is 17.6. The minimum Gasteiger partial charge on any atom is -0.454 e. The van der Waals surface area contributed by atoms with Crippen molar-refractivity contribution in [2.24, 2.45) is 0 Å². The highest BCUT2D eigenvalue weighted by Crippen LogP contribution is 2.35. The number of hydrogen-bond donors (Lipinski definition) is 1. The van der Waals surface area contributed by atoms with Crippen LogP contribution in [0.15, 0.2) is 47.6 Å². The number of thioether (sulfide) groups is 1. The molecule has 0 radical (unpaired) electrons. The Kier molecular flexibility index (Phi) is 5.63. The Hall–Kier alpha value is -3.07. The van der Waals surface area contributed by atoms with Crippen molar-refractivity contribution in [1.82, 2.24) is 14.8 Å². The van der Waals surface area contributed by atoms with Crippen molar-refractivity contribution in [3.05, 3.63) is 48.3 Å². The van der Waals surface area contributed by atoms with E-state index in [0.717, 1.165) is 0 Å². The maximum atomic E-state index is 14.3. The van der Waals surface area contributed by atoms with Crippen LogP contribution in [0.3, 0.4) is 0 Å². The van der Waals surface area contributed by atoms with Crippen molar-refractivity contribution in [2.75, 3.05) is 12.1 Å². The van der Waals surface area contributed by atoms with Gasteiger partial charge in [-0.3, -0.25) is 9.36 Å². The summed E-state index contributed by atoms with van der Waals surface area (Å²) >= 11 is 1.27. The molecular weight excluding hydrogens is 407 g/mol. The van der Waals surface area contributed by atoms with Gasteiger partial charge in [-0.05, 0) is 45.0 Å². The van der Waals surface area contributed by atoms with Crippen LogP contribution in [0, 0.1) is 5.82 Å². The maximum Gasteiger partial charge on any atom is 0.237 e. The van der Waals surface area contributed by atoms with Gasteiger partial charge in [0.25, 0.3) is 0 Å². The minimum absolute atomic E-state index is 0.0128. The van der Waals surface area contributed by atoms with E-state index in [-0.39, 0.29) is 24.6 Å². The molecule has 0 spiro atoms. The van der Waals surface area contributed by atoms with E-state index in [1.165, 1.54) is 17.8 Å². The van der Waals surface area contributed by atoms with Gasteiger partial charge in [0.1, 0.15) is 5.82 Å². The molecule has 4 rings (SSSR count). The summed E-state index contributed by atoms with van der Waals surface area (Å²) in [6, 6.07) is 11.7. The number of rotatable bonds is 6. The molecule has 7 nitrogen and oxygen atoms in total. The summed E-state index contributed by atoms with van der Waals surface area (Å²) in [6.45, 7) is 5.90. The van der Waals surface area contributed by atoms with Gasteiger partial charge in [0.15, 0.2) is 22.5 Å². The first-order valence-corrected chi connectivity index (χ1v) is 10.4. The highest BCUT2D eigenvalue weighted by molar-refractivity contribution is 8.00. The van der Waals surface area contributed by atoms with Crippen molar-refractivity contribution in [3.63, 3.8) is 0 Å². The van der Waals surface area contributed by atoms with Crippen molar-refractivity contribution < 1.29 is 18.7 Å². The van der Waals surface area contributed by atoms with Gasteiger partial charge in [0, 0.05) is 17.8 Å². The molecule has 2 heterocycles. The molecule has 1 aromatic heterocycles. The molecule has 0 bridgehead atoms. The standard InChI is InChI=1S/C21H21FN4O3S/c1-12(2)26-19(15-6-4-5-7-16(15)22)24-25-21(26)30-13(3)20(27)23-14-8-9-17-18(10-14)29-11-28-17/h4-10,12-13H,11H2,1-3H3,(H,23,27)/t13-/m1/s1. The zero-order valence-electron chi connectivity index (χ0n) is 16.8. The molecule has 0 saturated heterocycles. The lowest BCUT2D eigenvalue weighted by molar-refractivity contribution is -0.115. The van der Waals surface area contributed by atoms with Crippen LogP contribution in [0.2, 0.25) is 0 Å². The van der Waals surface area contributed by atoms with Crippen LogP contribution in [0.5, 0.6) is 11.5 Å². The average Bonchev–Trinajstić information content (AvgIpc) is 3.34.